The summed E-state index contributed by atoms with van der Waals surface area (Å²) in [5.74, 6) is 0. The van der Waals surface area contributed by atoms with Crippen LogP contribution in [-0.2, 0) is 0 Å². The molecule has 1 heteroatoms. The van der Waals surface area contributed by atoms with E-state index in [2.05, 4.69) is 20.8 Å². The van der Waals surface area contributed by atoms with E-state index >= 15 is 0 Å². The Morgan fingerprint density at radius 1 is 0.923 bits per heavy atom. The summed E-state index contributed by atoms with van der Waals surface area (Å²) in [7, 11) is 1.22. The first-order chi connectivity index (χ1) is 6.31. The summed E-state index contributed by atoms with van der Waals surface area (Å²) in [6.07, 6.45) is 11.6. The van der Waals surface area contributed by atoms with Crippen LogP contribution in [0.15, 0.2) is 0 Å². The van der Waals surface area contributed by atoms with Crippen LogP contribution >= 0.6 is 8.58 Å². The van der Waals surface area contributed by atoms with Gasteiger partial charge in [0.1, 0.15) is 0 Å². The Bertz CT molecular complexity index is 91.1. The maximum atomic E-state index is 2.38. The molecule has 0 aliphatic heterocycles. The van der Waals surface area contributed by atoms with E-state index in [0.717, 1.165) is 5.66 Å². The molecule has 0 bridgehead atoms. The summed E-state index contributed by atoms with van der Waals surface area (Å²) in [6, 6.07) is 0. The molecule has 0 heterocycles. The Morgan fingerprint density at radius 2 is 1.54 bits per heavy atom. The lowest BCUT2D eigenvalue weighted by atomic mass is 10.1. The zero-order chi connectivity index (χ0) is 9.94. The van der Waals surface area contributed by atoms with Crippen molar-refractivity contribution < 1.29 is 0 Å². The van der Waals surface area contributed by atoms with Gasteiger partial charge in [-0.25, -0.2) is 0 Å². The highest BCUT2D eigenvalue weighted by atomic mass is 31.1. The van der Waals surface area contributed by atoms with Crippen LogP contribution < -0.4 is 0 Å². The summed E-state index contributed by atoms with van der Waals surface area (Å²) >= 11 is 0. The maximum Gasteiger partial charge on any atom is -0.0268 e. The SMILES string of the molecule is CCCCCCCCPC(C)CC. The Labute approximate surface area is 86.7 Å². The fourth-order valence-electron chi connectivity index (χ4n) is 1.40. The van der Waals surface area contributed by atoms with Crippen molar-refractivity contribution in [3.05, 3.63) is 0 Å². The molecule has 0 fully saturated rings. The molecule has 0 rings (SSSR count). The third-order valence-electron chi connectivity index (χ3n) is 2.64. The van der Waals surface area contributed by atoms with Gasteiger partial charge in [0.25, 0.3) is 0 Å². The molecule has 2 unspecified atom stereocenters. The van der Waals surface area contributed by atoms with Crippen LogP contribution in [0.4, 0.5) is 0 Å². The second-order valence-electron chi connectivity index (χ2n) is 4.03. The molecule has 0 nitrogen and oxygen atoms in total. The number of hydrogen-bond donors (Lipinski definition) is 0. The fraction of sp³-hybridized carbons (Fsp3) is 1.00. The summed E-state index contributed by atoms with van der Waals surface area (Å²) in [5, 5.41) is 0. The molecular weight excluding hydrogens is 175 g/mol. The van der Waals surface area contributed by atoms with Gasteiger partial charge in [0.15, 0.2) is 0 Å². The molecule has 0 aliphatic rings. The van der Waals surface area contributed by atoms with E-state index in [1.165, 1.54) is 59.7 Å². The molecule has 0 aliphatic carbocycles. The third-order valence-corrected chi connectivity index (χ3v) is 4.38. The van der Waals surface area contributed by atoms with Crippen molar-refractivity contribution in [2.45, 2.75) is 71.4 Å². The van der Waals surface area contributed by atoms with Crippen LogP contribution in [0.25, 0.3) is 0 Å². The standard InChI is InChI=1S/C12H27P/c1-4-6-7-8-9-10-11-13-12(3)5-2/h12-13H,4-11H2,1-3H3. The van der Waals surface area contributed by atoms with Crippen molar-refractivity contribution in [3.8, 4) is 0 Å². The van der Waals surface area contributed by atoms with Crippen LogP contribution in [0.2, 0.25) is 0 Å². The number of hydrogen-bond acceptors (Lipinski definition) is 0. The Kier molecular flexibility index (Phi) is 10.9. The van der Waals surface area contributed by atoms with E-state index in [9.17, 15) is 0 Å². The number of unbranched alkanes of at least 4 members (excludes halogenated alkanes) is 5. The van der Waals surface area contributed by atoms with Crippen molar-refractivity contribution in [2.24, 2.45) is 0 Å². The van der Waals surface area contributed by atoms with Crippen LogP contribution in [-0.4, -0.2) is 11.8 Å². The van der Waals surface area contributed by atoms with Gasteiger partial charge in [-0.1, -0.05) is 52.9 Å². The van der Waals surface area contributed by atoms with E-state index in [1.54, 1.807) is 0 Å². The predicted molar refractivity (Wildman–Crippen MR) is 66.3 cm³/mol. The highest BCUT2D eigenvalue weighted by Crippen LogP contribution is 2.23. The molecule has 80 valence electrons. The van der Waals surface area contributed by atoms with Crippen molar-refractivity contribution >= 4 is 8.58 Å². The average molecular weight is 202 g/mol. The van der Waals surface area contributed by atoms with E-state index < -0.39 is 0 Å². The smallest absolute Gasteiger partial charge is 0.0268 e. The number of rotatable bonds is 9. The van der Waals surface area contributed by atoms with Gasteiger partial charge in [0, 0.05) is 0 Å². The lowest BCUT2D eigenvalue weighted by molar-refractivity contribution is 0.626. The van der Waals surface area contributed by atoms with Gasteiger partial charge < -0.3 is 0 Å². The van der Waals surface area contributed by atoms with Crippen LogP contribution in [0.5, 0.6) is 0 Å². The molecule has 0 saturated carbocycles. The minimum absolute atomic E-state index is 0.982. The summed E-state index contributed by atoms with van der Waals surface area (Å²) in [4.78, 5) is 0. The van der Waals surface area contributed by atoms with Gasteiger partial charge in [-0.3, -0.25) is 0 Å². The van der Waals surface area contributed by atoms with Gasteiger partial charge in [-0.2, -0.15) is 0 Å². The molecule has 0 saturated heterocycles. The van der Waals surface area contributed by atoms with Crippen molar-refractivity contribution in [1.29, 1.82) is 0 Å². The molecule has 0 radical (unpaired) electrons. The van der Waals surface area contributed by atoms with Crippen molar-refractivity contribution in [2.75, 3.05) is 6.16 Å². The second-order valence-corrected chi connectivity index (χ2v) is 5.93. The van der Waals surface area contributed by atoms with Crippen LogP contribution in [0.3, 0.4) is 0 Å². The molecule has 0 aromatic carbocycles. The van der Waals surface area contributed by atoms with Crippen LogP contribution in [0, 0.1) is 0 Å². The first-order valence-corrected chi connectivity index (χ1v) is 7.33. The highest BCUT2D eigenvalue weighted by molar-refractivity contribution is 7.38. The van der Waals surface area contributed by atoms with Gasteiger partial charge >= 0.3 is 0 Å². The highest BCUT2D eigenvalue weighted by Gasteiger charge is 1.97. The lowest BCUT2D eigenvalue weighted by Gasteiger charge is -2.07. The van der Waals surface area contributed by atoms with E-state index in [4.69, 9.17) is 0 Å². The van der Waals surface area contributed by atoms with Gasteiger partial charge in [0.05, 0.1) is 0 Å². The quantitative estimate of drug-likeness (QED) is 0.371. The minimum Gasteiger partial charge on any atom is -0.119 e. The predicted octanol–water partition coefficient (Wildman–Crippen LogP) is 4.82. The minimum atomic E-state index is 0.982. The van der Waals surface area contributed by atoms with Gasteiger partial charge in [-0.05, 0) is 24.7 Å². The summed E-state index contributed by atoms with van der Waals surface area (Å²) < 4.78 is 0. The van der Waals surface area contributed by atoms with Crippen LogP contribution in [0.1, 0.15) is 65.7 Å². The summed E-state index contributed by atoms with van der Waals surface area (Å²) in [6.45, 7) is 6.97. The molecular formula is C12H27P. The van der Waals surface area contributed by atoms with E-state index in [0.29, 0.717) is 0 Å². The first-order valence-electron chi connectivity index (χ1n) is 6.04. The Balaban J connectivity index is 2.91. The Morgan fingerprint density at radius 3 is 2.15 bits per heavy atom. The monoisotopic (exact) mass is 202 g/mol. The van der Waals surface area contributed by atoms with E-state index in [-0.39, 0.29) is 0 Å². The van der Waals surface area contributed by atoms with E-state index in [1.807, 2.05) is 0 Å². The molecule has 0 aromatic rings. The normalized spacial score (nSPS) is 14.1. The molecule has 0 amide bonds. The van der Waals surface area contributed by atoms with Crippen molar-refractivity contribution in [1.82, 2.24) is 0 Å². The zero-order valence-corrected chi connectivity index (χ0v) is 10.7. The average Bonchev–Trinajstić information content (AvgIpc) is 2.16. The fourth-order valence-corrected chi connectivity index (χ4v) is 2.63. The molecule has 0 N–H and O–H groups in total. The Hall–Kier alpha value is 0.430. The molecule has 0 aromatic heterocycles. The second kappa shape index (κ2) is 10.5. The third kappa shape index (κ3) is 10.4. The molecule has 13 heavy (non-hydrogen) atoms. The van der Waals surface area contributed by atoms with Crippen molar-refractivity contribution in [3.63, 3.8) is 0 Å². The van der Waals surface area contributed by atoms with Gasteiger partial charge in [0.2, 0.25) is 0 Å². The zero-order valence-electron chi connectivity index (χ0n) is 9.73. The first kappa shape index (κ1) is 13.4. The molecule has 0 spiro atoms. The topological polar surface area (TPSA) is 0 Å². The molecule has 2 atom stereocenters. The lowest BCUT2D eigenvalue weighted by Crippen LogP contribution is -1.91. The van der Waals surface area contributed by atoms with Gasteiger partial charge in [-0.15, -0.1) is 8.58 Å². The largest absolute Gasteiger partial charge is 0.119 e. The maximum absolute atomic E-state index is 2.38. The summed E-state index contributed by atoms with van der Waals surface area (Å²) in [5.41, 5.74) is 0.982.